The van der Waals surface area contributed by atoms with Crippen molar-refractivity contribution in [3.05, 3.63) is 59.5 Å². The van der Waals surface area contributed by atoms with Gasteiger partial charge in [-0.2, -0.15) is 5.10 Å². The maximum absolute atomic E-state index is 12.0. The second kappa shape index (κ2) is 7.04. The number of rotatable bonds is 6. The molecule has 0 fully saturated rings. The molecule has 0 bridgehead atoms. The van der Waals surface area contributed by atoms with Gasteiger partial charge in [0, 0.05) is 6.07 Å². The Balaban J connectivity index is 1.50. The normalized spacial score (nSPS) is 10.6. The molecule has 24 heavy (non-hydrogen) atoms. The van der Waals surface area contributed by atoms with Crippen LogP contribution in [0.4, 0.5) is 0 Å². The van der Waals surface area contributed by atoms with Gasteiger partial charge in [0.05, 0.1) is 6.26 Å². The van der Waals surface area contributed by atoms with E-state index in [1.165, 1.54) is 0 Å². The topological polar surface area (TPSA) is 77.3 Å². The molecular weight excluding hydrogens is 308 g/mol. The Labute approximate surface area is 139 Å². The monoisotopic (exact) mass is 326 g/mol. The van der Waals surface area contributed by atoms with Crippen LogP contribution in [0.3, 0.4) is 0 Å². The number of aromatic nitrogens is 2. The van der Waals surface area contributed by atoms with Crippen LogP contribution in [0.1, 0.15) is 21.6 Å². The average Bonchev–Trinajstić information content (AvgIpc) is 3.25. The van der Waals surface area contributed by atoms with Gasteiger partial charge in [-0.15, -0.1) is 0 Å². The molecule has 3 aromatic rings. The number of benzene rings is 1. The molecule has 0 saturated heterocycles. The van der Waals surface area contributed by atoms with E-state index < -0.39 is 5.97 Å². The fourth-order valence-electron chi connectivity index (χ4n) is 2.20. The number of carbonyl (C=O) groups is 1. The highest BCUT2D eigenvalue weighted by Gasteiger charge is 2.13. The first-order valence-corrected chi connectivity index (χ1v) is 7.60. The zero-order valence-corrected chi connectivity index (χ0v) is 13.5. The number of hydrogen-bond donors (Lipinski definition) is 1. The summed E-state index contributed by atoms with van der Waals surface area (Å²) in [5.41, 5.74) is 2.99. The summed E-state index contributed by atoms with van der Waals surface area (Å²) < 4.78 is 16.1. The van der Waals surface area contributed by atoms with Crippen LogP contribution in [-0.4, -0.2) is 29.4 Å². The minimum Gasteiger partial charge on any atom is -0.490 e. The highest BCUT2D eigenvalue weighted by Crippen LogP contribution is 2.19. The number of H-pyrrole nitrogens is 1. The number of nitrogens with one attached hydrogen (secondary N) is 1. The Hall–Kier alpha value is -3.02. The van der Waals surface area contributed by atoms with Crippen molar-refractivity contribution in [3.8, 4) is 17.2 Å². The van der Waals surface area contributed by atoms with Crippen molar-refractivity contribution in [3.63, 3.8) is 0 Å². The van der Waals surface area contributed by atoms with Crippen molar-refractivity contribution in [1.82, 2.24) is 10.2 Å². The maximum Gasteiger partial charge on any atom is 0.356 e. The van der Waals surface area contributed by atoms with E-state index in [2.05, 4.69) is 10.2 Å². The van der Waals surface area contributed by atoms with Crippen molar-refractivity contribution < 1.29 is 18.7 Å². The van der Waals surface area contributed by atoms with Gasteiger partial charge in [-0.1, -0.05) is 12.1 Å². The summed E-state index contributed by atoms with van der Waals surface area (Å²) in [5, 5.41) is 6.67. The molecule has 0 aliphatic carbocycles. The lowest BCUT2D eigenvalue weighted by atomic mass is 10.1. The largest absolute Gasteiger partial charge is 0.490 e. The first-order valence-electron chi connectivity index (χ1n) is 7.60. The summed E-state index contributed by atoms with van der Waals surface area (Å²) >= 11 is 0. The number of esters is 1. The van der Waals surface area contributed by atoms with Gasteiger partial charge in [-0.25, -0.2) is 4.79 Å². The fraction of sp³-hybridized carbons (Fsp3) is 0.222. The Kier molecular flexibility index (Phi) is 4.65. The van der Waals surface area contributed by atoms with Gasteiger partial charge in [0.1, 0.15) is 30.4 Å². The SMILES string of the molecule is Cc1ccc(C)c(OCCOC(=O)c2cc(-c3ccco3)n[nH]2)c1. The van der Waals surface area contributed by atoms with Crippen molar-refractivity contribution in [2.45, 2.75) is 13.8 Å². The van der Waals surface area contributed by atoms with E-state index in [0.717, 1.165) is 16.9 Å². The molecule has 3 rings (SSSR count). The molecule has 6 nitrogen and oxygen atoms in total. The number of aryl methyl sites for hydroxylation is 2. The number of ether oxygens (including phenoxy) is 2. The number of furan rings is 1. The van der Waals surface area contributed by atoms with Gasteiger partial charge < -0.3 is 13.9 Å². The van der Waals surface area contributed by atoms with Crippen LogP contribution in [0.5, 0.6) is 5.75 Å². The number of carbonyl (C=O) groups excluding carboxylic acids is 1. The van der Waals surface area contributed by atoms with Gasteiger partial charge in [-0.3, -0.25) is 5.10 Å². The second-order valence-electron chi connectivity index (χ2n) is 5.40. The molecule has 0 atom stereocenters. The number of nitrogens with zero attached hydrogens (tertiary/aromatic N) is 1. The molecule has 0 spiro atoms. The van der Waals surface area contributed by atoms with Crippen molar-refractivity contribution in [2.75, 3.05) is 13.2 Å². The van der Waals surface area contributed by atoms with Gasteiger partial charge in [-0.05, 0) is 43.2 Å². The third-order valence-electron chi connectivity index (χ3n) is 3.49. The van der Waals surface area contributed by atoms with Crippen LogP contribution in [0, 0.1) is 13.8 Å². The smallest absolute Gasteiger partial charge is 0.356 e. The zero-order valence-electron chi connectivity index (χ0n) is 13.5. The molecule has 2 heterocycles. The lowest BCUT2D eigenvalue weighted by Crippen LogP contribution is -2.13. The molecular formula is C18H18N2O4. The minimum atomic E-state index is -0.482. The van der Waals surface area contributed by atoms with Gasteiger partial charge >= 0.3 is 5.97 Å². The van der Waals surface area contributed by atoms with Crippen LogP contribution in [0.2, 0.25) is 0 Å². The van der Waals surface area contributed by atoms with Gasteiger partial charge in [0.15, 0.2) is 5.76 Å². The summed E-state index contributed by atoms with van der Waals surface area (Å²) in [6.07, 6.45) is 1.55. The highest BCUT2D eigenvalue weighted by atomic mass is 16.6. The molecule has 1 aromatic carbocycles. The van der Waals surface area contributed by atoms with Crippen LogP contribution in [-0.2, 0) is 4.74 Å². The molecule has 0 aliphatic heterocycles. The first-order chi connectivity index (χ1) is 11.6. The molecule has 0 unspecified atom stereocenters. The van der Waals surface area contributed by atoms with Crippen LogP contribution >= 0.6 is 0 Å². The Morgan fingerprint density at radius 1 is 1.21 bits per heavy atom. The van der Waals surface area contributed by atoms with Crippen molar-refractivity contribution in [2.24, 2.45) is 0 Å². The Morgan fingerprint density at radius 3 is 2.88 bits per heavy atom. The van der Waals surface area contributed by atoms with E-state index in [4.69, 9.17) is 13.9 Å². The van der Waals surface area contributed by atoms with E-state index in [0.29, 0.717) is 11.5 Å². The molecule has 0 aliphatic rings. The summed E-state index contributed by atoms with van der Waals surface area (Å²) in [7, 11) is 0. The van der Waals surface area contributed by atoms with Crippen molar-refractivity contribution in [1.29, 1.82) is 0 Å². The van der Waals surface area contributed by atoms with E-state index in [1.807, 2.05) is 32.0 Å². The summed E-state index contributed by atoms with van der Waals surface area (Å²) in [6.45, 7) is 4.42. The Morgan fingerprint density at radius 2 is 2.08 bits per heavy atom. The standard InChI is InChI=1S/C18H18N2O4/c1-12-5-6-13(2)17(10-12)23-8-9-24-18(21)15-11-14(19-20-15)16-4-3-7-22-16/h3-7,10-11H,8-9H2,1-2H3,(H,19,20). The number of hydrogen-bond acceptors (Lipinski definition) is 5. The van der Waals surface area contributed by atoms with E-state index in [-0.39, 0.29) is 18.9 Å². The average molecular weight is 326 g/mol. The quantitative estimate of drug-likeness (QED) is 0.554. The lowest BCUT2D eigenvalue weighted by molar-refractivity contribution is 0.0443. The minimum absolute atomic E-state index is 0.154. The highest BCUT2D eigenvalue weighted by molar-refractivity contribution is 5.88. The molecule has 6 heteroatoms. The molecule has 1 N–H and O–H groups in total. The Bertz CT molecular complexity index is 821. The third-order valence-corrected chi connectivity index (χ3v) is 3.49. The predicted octanol–water partition coefficient (Wildman–Crippen LogP) is 3.52. The van der Waals surface area contributed by atoms with Crippen LogP contribution in [0.15, 0.2) is 47.1 Å². The van der Waals surface area contributed by atoms with E-state index in [1.54, 1.807) is 24.5 Å². The molecule has 124 valence electrons. The molecule has 0 saturated carbocycles. The number of aromatic amines is 1. The van der Waals surface area contributed by atoms with Gasteiger partial charge in [0.25, 0.3) is 0 Å². The zero-order chi connectivity index (χ0) is 16.9. The molecule has 0 amide bonds. The predicted molar refractivity (Wildman–Crippen MR) is 88.0 cm³/mol. The van der Waals surface area contributed by atoms with Crippen molar-refractivity contribution >= 4 is 5.97 Å². The summed E-state index contributed by atoms with van der Waals surface area (Å²) in [6, 6.07) is 11.1. The second-order valence-corrected chi connectivity index (χ2v) is 5.40. The van der Waals surface area contributed by atoms with Gasteiger partial charge in [0.2, 0.25) is 0 Å². The summed E-state index contributed by atoms with van der Waals surface area (Å²) in [5.74, 6) is 0.904. The van der Waals surface area contributed by atoms with Crippen LogP contribution in [0.25, 0.3) is 11.5 Å². The maximum atomic E-state index is 12.0. The fourth-order valence-corrected chi connectivity index (χ4v) is 2.20. The molecule has 2 aromatic heterocycles. The third kappa shape index (κ3) is 3.65. The molecule has 0 radical (unpaired) electrons. The first kappa shape index (κ1) is 15.9. The summed E-state index contributed by atoms with van der Waals surface area (Å²) in [4.78, 5) is 12.0. The lowest BCUT2D eigenvalue weighted by Gasteiger charge is -2.10. The van der Waals surface area contributed by atoms with Crippen LogP contribution < -0.4 is 4.74 Å². The van der Waals surface area contributed by atoms with E-state index in [9.17, 15) is 4.79 Å². The van der Waals surface area contributed by atoms with E-state index >= 15 is 0 Å².